The van der Waals surface area contributed by atoms with Gasteiger partial charge in [0.05, 0.1) is 25.4 Å². The lowest BCUT2D eigenvalue weighted by Crippen LogP contribution is -2.75. The third-order valence-corrected chi connectivity index (χ3v) is 4.24. The number of aliphatic hydroxyl groups excluding tert-OH is 1. The second kappa shape index (κ2) is 4.65. The molecule has 2 heterocycles. The summed E-state index contributed by atoms with van der Waals surface area (Å²) in [6, 6.07) is 0. The molecule has 0 aromatic rings. The smallest absolute Gasteiger partial charge is 0.119 e. The van der Waals surface area contributed by atoms with Crippen LogP contribution in [-0.4, -0.2) is 71.8 Å². The highest BCUT2D eigenvalue weighted by molar-refractivity contribution is 5.10. The Kier molecular flexibility index (Phi) is 3.36. The number of hydrogen-bond acceptors (Lipinski definition) is 6. The predicted octanol–water partition coefficient (Wildman–Crippen LogP) is -0.543. The summed E-state index contributed by atoms with van der Waals surface area (Å²) in [5.74, 6) is 0. The van der Waals surface area contributed by atoms with E-state index in [-0.39, 0.29) is 12.2 Å². The fourth-order valence-corrected chi connectivity index (χ4v) is 3.23. The van der Waals surface area contributed by atoms with Gasteiger partial charge in [-0.05, 0) is 20.8 Å². The molecule has 19 heavy (non-hydrogen) atoms. The van der Waals surface area contributed by atoms with Crippen LogP contribution in [0.2, 0.25) is 0 Å². The lowest BCUT2D eigenvalue weighted by molar-refractivity contribution is -0.348. The van der Waals surface area contributed by atoms with Crippen LogP contribution < -0.4 is 0 Å². The summed E-state index contributed by atoms with van der Waals surface area (Å²) < 4.78 is 23.1. The molecule has 2 N–H and O–H groups in total. The summed E-state index contributed by atoms with van der Waals surface area (Å²) in [4.78, 5) is 0. The third-order valence-electron chi connectivity index (χ3n) is 4.24. The molecule has 1 saturated carbocycles. The second-order valence-corrected chi connectivity index (χ2v) is 6.05. The minimum atomic E-state index is -1.41. The minimum Gasteiger partial charge on any atom is -0.387 e. The summed E-state index contributed by atoms with van der Waals surface area (Å²) in [7, 11) is 0. The van der Waals surface area contributed by atoms with Gasteiger partial charge in [0.2, 0.25) is 0 Å². The van der Waals surface area contributed by atoms with Gasteiger partial charge in [-0.2, -0.15) is 0 Å². The molecule has 110 valence electrons. The van der Waals surface area contributed by atoms with Gasteiger partial charge in [-0.15, -0.1) is 0 Å². The van der Waals surface area contributed by atoms with Gasteiger partial charge < -0.3 is 29.2 Å². The molecule has 0 spiro atoms. The molecule has 0 radical (unpaired) electrons. The van der Waals surface area contributed by atoms with Gasteiger partial charge in [-0.25, -0.2) is 0 Å². The topological polar surface area (TPSA) is 77.4 Å². The van der Waals surface area contributed by atoms with E-state index in [0.717, 1.165) is 0 Å². The molecule has 2 aliphatic heterocycles. The van der Waals surface area contributed by atoms with Crippen molar-refractivity contribution in [3.63, 3.8) is 0 Å². The first-order valence-electron chi connectivity index (χ1n) is 6.86. The molecule has 1 aliphatic carbocycles. The van der Waals surface area contributed by atoms with E-state index in [1.165, 1.54) is 0 Å². The van der Waals surface area contributed by atoms with Crippen molar-refractivity contribution in [3.05, 3.63) is 0 Å². The highest BCUT2D eigenvalue weighted by Crippen LogP contribution is 2.40. The lowest BCUT2D eigenvalue weighted by Gasteiger charge is -2.56. The van der Waals surface area contributed by atoms with Crippen molar-refractivity contribution in [2.75, 3.05) is 13.2 Å². The van der Waals surface area contributed by atoms with Crippen molar-refractivity contribution in [3.8, 4) is 0 Å². The minimum absolute atomic E-state index is 0.0594. The first-order valence-corrected chi connectivity index (χ1v) is 6.86. The molecule has 0 amide bonds. The average molecular weight is 274 g/mol. The normalized spacial score (nSPS) is 58.3. The van der Waals surface area contributed by atoms with Crippen LogP contribution in [0.25, 0.3) is 0 Å². The molecule has 3 aliphatic rings. The third kappa shape index (κ3) is 2.11. The predicted molar refractivity (Wildman–Crippen MR) is 64.8 cm³/mol. The Morgan fingerprint density at radius 1 is 0.947 bits per heavy atom. The molecule has 8 atom stereocenters. The van der Waals surface area contributed by atoms with Gasteiger partial charge in [0.25, 0.3) is 0 Å². The molecule has 6 heteroatoms. The van der Waals surface area contributed by atoms with E-state index in [9.17, 15) is 10.2 Å². The zero-order valence-electron chi connectivity index (χ0n) is 11.5. The molecule has 6 nitrogen and oxygen atoms in total. The first-order chi connectivity index (χ1) is 8.91. The van der Waals surface area contributed by atoms with Gasteiger partial charge in [0, 0.05) is 0 Å². The highest BCUT2D eigenvalue weighted by Gasteiger charge is 2.61. The Bertz CT molecular complexity index is 346. The molecule has 3 rings (SSSR count). The number of rotatable bonds is 0. The van der Waals surface area contributed by atoms with Gasteiger partial charge in [-0.3, -0.25) is 0 Å². The van der Waals surface area contributed by atoms with Crippen LogP contribution in [0.5, 0.6) is 0 Å². The van der Waals surface area contributed by atoms with Crippen LogP contribution in [0.3, 0.4) is 0 Å². The van der Waals surface area contributed by atoms with E-state index in [4.69, 9.17) is 18.9 Å². The van der Waals surface area contributed by atoms with Gasteiger partial charge >= 0.3 is 0 Å². The van der Waals surface area contributed by atoms with E-state index in [2.05, 4.69) is 0 Å². The molecular weight excluding hydrogens is 252 g/mol. The monoisotopic (exact) mass is 274 g/mol. The van der Waals surface area contributed by atoms with Gasteiger partial charge in [0.15, 0.2) is 0 Å². The van der Waals surface area contributed by atoms with Crippen molar-refractivity contribution < 1.29 is 29.2 Å². The summed E-state index contributed by atoms with van der Waals surface area (Å²) in [5, 5.41) is 20.9. The molecule has 2 unspecified atom stereocenters. The fourth-order valence-electron chi connectivity index (χ4n) is 3.23. The second-order valence-electron chi connectivity index (χ2n) is 6.05. The van der Waals surface area contributed by atoms with E-state index < -0.39 is 36.1 Å². The maximum absolute atomic E-state index is 10.6. The number of aliphatic hydroxyl groups is 2. The van der Waals surface area contributed by atoms with Gasteiger partial charge in [0.1, 0.15) is 36.1 Å². The van der Waals surface area contributed by atoms with Crippen LogP contribution in [-0.2, 0) is 18.9 Å². The zero-order valence-corrected chi connectivity index (χ0v) is 11.5. The summed E-state index contributed by atoms with van der Waals surface area (Å²) in [5.41, 5.74) is -1.41. The van der Waals surface area contributed by atoms with Crippen LogP contribution in [0.4, 0.5) is 0 Å². The van der Waals surface area contributed by atoms with Crippen molar-refractivity contribution in [2.24, 2.45) is 0 Å². The largest absolute Gasteiger partial charge is 0.387 e. The Balaban J connectivity index is 1.90. The number of hydrogen-bond donors (Lipinski definition) is 2. The summed E-state index contributed by atoms with van der Waals surface area (Å²) in [6.07, 6.45) is -3.23. The van der Waals surface area contributed by atoms with Crippen LogP contribution >= 0.6 is 0 Å². The van der Waals surface area contributed by atoms with Crippen LogP contribution in [0.15, 0.2) is 0 Å². The summed E-state index contributed by atoms with van der Waals surface area (Å²) in [6.45, 7) is 6.21. The molecule has 3 fully saturated rings. The SMILES string of the molecule is CC1CO[C@@H]2[C@H](O1)[C@@H](O)[C@](C)(O)[C@H]1OCC(C)O[C@@H]21. The number of fused-ring (bicyclic) bond motifs is 3. The van der Waals surface area contributed by atoms with Crippen LogP contribution in [0.1, 0.15) is 20.8 Å². The van der Waals surface area contributed by atoms with Crippen molar-refractivity contribution in [1.82, 2.24) is 0 Å². The first kappa shape index (κ1) is 13.7. The molecule has 0 aromatic heterocycles. The van der Waals surface area contributed by atoms with Crippen molar-refractivity contribution in [1.29, 1.82) is 0 Å². The maximum atomic E-state index is 10.6. The quantitative estimate of drug-likeness (QED) is 0.617. The average Bonchev–Trinajstić information content (AvgIpc) is 2.36. The molecule has 0 bridgehead atoms. The van der Waals surface area contributed by atoms with Crippen molar-refractivity contribution >= 4 is 0 Å². The van der Waals surface area contributed by atoms with E-state index in [1.54, 1.807) is 6.92 Å². The summed E-state index contributed by atoms with van der Waals surface area (Å²) >= 11 is 0. The molecular formula is C13H22O6. The van der Waals surface area contributed by atoms with Crippen molar-refractivity contribution in [2.45, 2.75) is 69.1 Å². The van der Waals surface area contributed by atoms with E-state index in [1.807, 2.05) is 13.8 Å². The zero-order chi connectivity index (χ0) is 13.8. The lowest BCUT2D eigenvalue weighted by atomic mass is 9.74. The Labute approximate surface area is 112 Å². The Morgan fingerprint density at radius 3 is 2.21 bits per heavy atom. The Hall–Kier alpha value is -0.240. The van der Waals surface area contributed by atoms with E-state index >= 15 is 0 Å². The van der Waals surface area contributed by atoms with E-state index in [0.29, 0.717) is 13.2 Å². The molecule has 2 saturated heterocycles. The fraction of sp³-hybridized carbons (Fsp3) is 1.00. The standard InChI is InChI=1S/C13H22O6/c1-6-4-16-8-9(18-6)11(14)13(3,15)12-10(8)19-7(2)5-17-12/h6-12,14-15H,4-5H2,1-3H3/t6?,7?,8-,9+,10+,11-,12+,13+/m1/s1. The number of ether oxygens (including phenoxy) is 4. The molecule has 0 aromatic carbocycles. The van der Waals surface area contributed by atoms with Crippen LogP contribution in [0, 0.1) is 0 Å². The van der Waals surface area contributed by atoms with Gasteiger partial charge in [-0.1, -0.05) is 0 Å². The Morgan fingerprint density at radius 2 is 1.53 bits per heavy atom. The maximum Gasteiger partial charge on any atom is 0.119 e. The highest BCUT2D eigenvalue weighted by atomic mass is 16.6.